The van der Waals surface area contributed by atoms with Crippen LogP contribution in [0.15, 0.2) is 0 Å². The predicted molar refractivity (Wildman–Crippen MR) is 137 cm³/mol. The summed E-state index contributed by atoms with van der Waals surface area (Å²) in [5, 5.41) is 0. The van der Waals surface area contributed by atoms with E-state index in [0.717, 1.165) is 0 Å². The standard InChI is InChI=1S/2C12H26S.Sn.2H/c2*1-2-3-4-5-6-7-8-9-10-11-12-13;;;/h2*13H,2-12H2,1H3;;;/q;;+2;;/p-2. The Kier molecular flexibility index (Phi) is 29.0. The molecule has 0 aliphatic heterocycles. The van der Waals surface area contributed by atoms with Gasteiger partial charge in [0.1, 0.15) is 0 Å². The van der Waals surface area contributed by atoms with Gasteiger partial charge in [-0.3, -0.25) is 0 Å². The van der Waals surface area contributed by atoms with Gasteiger partial charge >= 0.3 is 176 Å². The summed E-state index contributed by atoms with van der Waals surface area (Å²) in [4.78, 5) is 0. The quantitative estimate of drug-likeness (QED) is 0.0913. The maximum absolute atomic E-state index is 2.38. The molecule has 0 rings (SSSR count). The van der Waals surface area contributed by atoms with Gasteiger partial charge in [-0.05, 0) is 0 Å². The molecular formula is C24H52S2Sn. The van der Waals surface area contributed by atoms with Crippen LogP contribution in [0.1, 0.15) is 142 Å². The predicted octanol–water partition coefficient (Wildman–Crippen LogP) is 9.29. The number of hydrogen-bond acceptors (Lipinski definition) is 2. The molecule has 0 N–H and O–H groups in total. The molecule has 0 saturated heterocycles. The average Bonchev–Trinajstić information content (AvgIpc) is 2.68. The summed E-state index contributed by atoms with van der Waals surface area (Å²) in [7, 11) is 4.77. The minimum atomic E-state index is -0.479. The third-order valence-electron chi connectivity index (χ3n) is 5.45. The van der Waals surface area contributed by atoms with Crippen molar-refractivity contribution in [3.05, 3.63) is 0 Å². The van der Waals surface area contributed by atoms with Gasteiger partial charge in [0.05, 0.1) is 0 Å². The van der Waals surface area contributed by atoms with E-state index in [1.165, 1.54) is 140 Å². The van der Waals surface area contributed by atoms with Crippen LogP contribution < -0.4 is 0 Å². The molecule has 164 valence electrons. The Labute approximate surface area is 189 Å². The van der Waals surface area contributed by atoms with Crippen LogP contribution in [-0.2, 0) is 0 Å². The second-order valence-electron chi connectivity index (χ2n) is 8.30. The molecule has 0 radical (unpaired) electrons. The molecule has 0 aromatic carbocycles. The molecule has 0 unspecified atom stereocenters. The van der Waals surface area contributed by atoms with Gasteiger partial charge in [0.15, 0.2) is 0 Å². The van der Waals surface area contributed by atoms with E-state index in [9.17, 15) is 0 Å². The smallest absolute Gasteiger partial charge is 0.0654 e. The minimum absolute atomic E-state index is 0.479. The van der Waals surface area contributed by atoms with Crippen molar-refractivity contribution in [1.29, 1.82) is 0 Å². The fourth-order valence-electron chi connectivity index (χ4n) is 3.56. The van der Waals surface area contributed by atoms with Crippen LogP contribution in [0.25, 0.3) is 0 Å². The average molecular weight is 524 g/mol. The first-order chi connectivity index (χ1) is 13.4. The second-order valence-corrected chi connectivity index (χ2v) is 23.9. The van der Waals surface area contributed by atoms with Gasteiger partial charge in [0.2, 0.25) is 0 Å². The van der Waals surface area contributed by atoms with E-state index in [4.69, 9.17) is 0 Å². The van der Waals surface area contributed by atoms with E-state index in [2.05, 4.69) is 31.7 Å². The molecule has 0 bridgehead atoms. The zero-order valence-corrected chi connectivity index (χ0v) is 24.7. The van der Waals surface area contributed by atoms with Gasteiger partial charge in [0, 0.05) is 0 Å². The molecule has 27 heavy (non-hydrogen) atoms. The van der Waals surface area contributed by atoms with Crippen LogP contribution in [0.4, 0.5) is 0 Å². The first kappa shape index (κ1) is 28.5. The van der Waals surface area contributed by atoms with Crippen LogP contribution in [0.3, 0.4) is 0 Å². The molecule has 3 heteroatoms. The zero-order chi connectivity index (χ0) is 19.7. The van der Waals surface area contributed by atoms with Crippen LogP contribution in [0, 0.1) is 0 Å². The maximum atomic E-state index is 2.38. The summed E-state index contributed by atoms with van der Waals surface area (Å²) in [5.74, 6) is 2.97. The van der Waals surface area contributed by atoms with Crippen molar-refractivity contribution in [3.63, 3.8) is 0 Å². The Morgan fingerprint density at radius 1 is 0.370 bits per heavy atom. The van der Waals surface area contributed by atoms with Crippen molar-refractivity contribution in [2.45, 2.75) is 142 Å². The number of unbranched alkanes of at least 4 members (excludes halogenated alkanes) is 18. The molecule has 0 aromatic heterocycles. The van der Waals surface area contributed by atoms with Crippen LogP contribution in [0.5, 0.6) is 0 Å². The number of rotatable bonds is 24. The Morgan fingerprint density at radius 3 is 0.926 bits per heavy atom. The van der Waals surface area contributed by atoms with Crippen LogP contribution in [-0.4, -0.2) is 29.9 Å². The van der Waals surface area contributed by atoms with E-state index in [0.29, 0.717) is 0 Å². The van der Waals surface area contributed by atoms with Gasteiger partial charge in [-0.25, -0.2) is 0 Å². The van der Waals surface area contributed by atoms with E-state index < -0.39 is 18.4 Å². The minimum Gasteiger partial charge on any atom is -0.0654 e. The van der Waals surface area contributed by atoms with Crippen molar-refractivity contribution in [3.8, 4) is 0 Å². The molecule has 0 amide bonds. The summed E-state index contributed by atoms with van der Waals surface area (Å²) >= 11 is -0.479. The molecule has 0 fully saturated rings. The van der Waals surface area contributed by atoms with Crippen molar-refractivity contribution < 1.29 is 0 Å². The van der Waals surface area contributed by atoms with E-state index >= 15 is 0 Å². The summed E-state index contributed by atoms with van der Waals surface area (Å²) in [6.45, 7) is 4.61. The molecule has 0 aliphatic rings. The van der Waals surface area contributed by atoms with Gasteiger partial charge < -0.3 is 0 Å². The van der Waals surface area contributed by atoms with Gasteiger partial charge in [0.25, 0.3) is 0 Å². The van der Waals surface area contributed by atoms with Crippen molar-refractivity contribution in [2.24, 2.45) is 0 Å². The molecule has 0 spiro atoms. The molecule has 0 saturated carbocycles. The molecule has 0 aliphatic carbocycles. The van der Waals surface area contributed by atoms with Crippen molar-refractivity contribution in [1.82, 2.24) is 0 Å². The monoisotopic (exact) mass is 524 g/mol. The van der Waals surface area contributed by atoms with Crippen LogP contribution >= 0.6 is 17.9 Å². The Bertz CT molecular complexity index is 225. The number of hydrogen-bond donors (Lipinski definition) is 0. The van der Waals surface area contributed by atoms with Gasteiger partial charge in [-0.15, -0.1) is 0 Å². The normalized spacial score (nSPS) is 11.3. The van der Waals surface area contributed by atoms with Crippen LogP contribution in [0.2, 0.25) is 0 Å². The molecule has 0 atom stereocenters. The Balaban J connectivity index is 2.95. The Hall–Kier alpha value is 1.50. The molecule has 0 heterocycles. The van der Waals surface area contributed by atoms with E-state index in [1.54, 1.807) is 0 Å². The van der Waals surface area contributed by atoms with Gasteiger partial charge in [-0.1, -0.05) is 13.8 Å². The summed E-state index contributed by atoms with van der Waals surface area (Å²) < 4.78 is 0. The molecular weight excluding hydrogens is 471 g/mol. The summed E-state index contributed by atoms with van der Waals surface area (Å²) in [6, 6.07) is 0. The molecule has 0 aromatic rings. The summed E-state index contributed by atoms with van der Waals surface area (Å²) in [5.41, 5.74) is 0. The fourth-order valence-corrected chi connectivity index (χ4v) is 18.4. The topological polar surface area (TPSA) is 0 Å². The first-order valence-electron chi connectivity index (χ1n) is 12.6. The fraction of sp³-hybridized carbons (Fsp3) is 1.00. The van der Waals surface area contributed by atoms with E-state index in [-0.39, 0.29) is 0 Å². The van der Waals surface area contributed by atoms with Crippen molar-refractivity contribution >= 4 is 36.3 Å². The van der Waals surface area contributed by atoms with Crippen molar-refractivity contribution in [2.75, 3.05) is 11.5 Å². The third-order valence-corrected chi connectivity index (χ3v) is 21.4. The molecule has 0 nitrogen and oxygen atoms in total. The Morgan fingerprint density at radius 2 is 0.630 bits per heavy atom. The van der Waals surface area contributed by atoms with E-state index in [1.807, 2.05) is 0 Å². The summed E-state index contributed by atoms with van der Waals surface area (Å²) in [6.07, 6.45) is 29.5. The third kappa shape index (κ3) is 27.5. The van der Waals surface area contributed by atoms with Gasteiger partial charge in [-0.2, -0.15) is 0 Å². The SMILES string of the molecule is CCCCCCCCCCCC[S][SnH2][S]CCCCCCCCCCCC. The first-order valence-corrected chi connectivity index (χ1v) is 24.8. The zero-order valence-electron chi connectivity index (χ0n) is 19.1. The second kappa shape index (κ2) is 27.5.